The lowest BCUT2D eigenvalue weighted by atomic mass is 9.94. The number of carbonyl (C=O) groups excluding carboxylic acids is 1. The van der Waals surface area contributed by atoms with Gasteiger partial charge in [0.25, 0.3) is 5.91 Å². The Labute approximate surface area is 130 Å². The summed E-state index contributed by atoms with van der Waals surface area (Å²) in [6, 6.07) is 2.81. The fourth-order valence-electron chi connectivity index (χ4n) is 3.73. The van der Waals surface area contributed by atoms with Crippen LogP contribution in [0.3, 0.4) is 0 Å². The second-order valence-electron chi connectivity index (χ2n) is 6.14. The van der Waals surface area contributed by atoms with Crippen molar-refractivity contribution in [1.29, 1.82) is 0 Å². The molecule has 1 aliphatic heterocycles. The number of amides is 1. The van der Waals surface area contributed by atoms with Crippen LogP contribution in [0, 0.1) is 0 Å². The van der Waals surface area contributed by atoms with Crippen molar-refractivity contribution >= 4 is 17.5 Å². The number of furan rings is 1. The number of carbonyl (C=O) groups is 1. The standard InChI is InChI=1S/C16H23ClN2O2/c17-15-14(8-10-21-15)16(20)18-11-13-7-4-9-19(13)12-5-2-1-3-6-12/h8,10,12-13H,1-7,9,11H2,(H,18,20). The number of nitrogens with zero attached hydrogens (tertiary/aromatic N) is 1. The molecular weight excluding hydrogens is 288 g/mol. The van der Waals surface area contributed by atoms with E-state index in [2.05, 4.69) is 10.2 Å². The maximum absolute atomic E-state index is 12.1. The van der Waals surface area contributed by atoms with Gasteiger partial charge in [-0.25, -0.2) is 0 Å². The number of nitrogens with one attached hydrogen (secondary N) is 1. The predicted molar refractivity (Wildman–Crippen MR) is 82.7 cm³/mol. The molecule has 0 bridgehead atoms. The molecule has 2 fully saturated rings. The second-order valence-corrected chi connectivity index (χ2v) is 6.49. The third-order valence-corrected chi connectivity index (χ3v) is 5.12. The van der Waals surface area contributed by atoms with Gasteiger partial charge in [0.05, 0.1) is 11.8 Å². The minimum absolute atomic E-state index is 0.135. The maximum Gasteiger partial charge on any atom is 0.256 e. The first-order valence-electron chi connectivity index (χ1n) is 8.02. The van der Waals surface area contributed by atoms with Crippen molar-refractivity contribution in [2.24, 2.45) is 0 Å². The molecule has 0 aromatic carbocycles. The first kappa shape index (κ1) is 14.9. The molecule has 1 aliphatic carbocycles. The summed E-state index contributed by atoms with van der Waals surface area (Å²) in [7, 11) is 0. The van der Waals surface area contributed by atoms with Crippen molar-refractivity contribution in [2.45, 2.75) is 57.0 Å². The Balaban J connectivity index is 1.54. The van der Waals surface area contributed by atoms with Gasteiger partial charge in [-0.2, -0.15) is 0 Å². The van der Waals surface area contributed by atoms with Gasteiger partial charge in [-0.05, 0) is 49.9 Å². The van der Waals surface area contributed by atoms with E-state index in [0.29, 0.717) is 18.2 Å². The highest BCUT2D eigenvalue weighted by atomic mass is 35.5. The monoisotopic (exact) mass is 310 g/mol. The third kappa shape index (κ3) is 3.43. The maximum atomic E-state index is 12.1. The van der Waals surface area contributed by atoms with E-state index < -0.39 is 0 Å². The molecule has 116 valence electrons. The smallest absolute Gasteiger partial charge is 0.256 e. The van der Waals surface area contributed by atoms with E-state index in [4.69, 9.17) is 16.0 Å². The van der Waals surface area contributed by atoms with Crippen molar-refractivity contribution in [1.82, 2.24) is 10.2 Å². The summed E-state index contributed by atoms with van der Waals surface area (Å²) in [4.78, 5) is 14.7. The topological polar surface area (TPSA) is 45.5 Å². The summed E-state index contributed by atoms with van der Waals surface area (Å²) >= 11 is 5.84. The largest absolute Gasteiger partial charge is 0.452 e. The van der Waals surface area contributed by atoms with Crippen LogP contribution in [0.25, 0.3) is 0 Å². The lowest BCUT2D eigenvalue weighted by Gasteiger charge is -2.35. The number of rotatable bonds is 4. The zero-order chi connectivity index (χ0) is 14.7. The summed E-state index contributed by atoms with van der Waals surface area (Å²) < 4.78 is 4.97. The Hall–Kier alpha value is -1.00. The molecule has 1 aromatic heterocycles. The minimum Gasteiger partial charge on any atom is -0.452 e. The van der Waals surface area contributed by atoms with Crippen molar-refractivity contribution in [2.75, 3.05) is 13.1 Å². The molecule has 0 spiro atoms. The molecule has 1 N–H and O–H groups in total. The normalized spacial score (nSPS) is 24.3. The zero-order valence-electron chi connectivity index (χ0n) is 12.3. The summed E-state index contributed by atoms with van der Waals surface area (Å²) in [5, 5.41) is 3.18. The van der Waals surface area contributed by atoms with Crippen LogP contribution >= 0.6 is 11.6 Å². The van der Waals surface area contributed by atoms with Gasteiger partial charge in [-0.15, -0.1) is 0 Å². The Morgan fingerprint density at radius 3 is 2.81 bits per heavy atom. The molecule has 2 heterocycles. The van der Waals surface area contributed by atoms with Gasteiger partial charge in [-0.3, -0.25) is 9.69 Å². The quantitative estimate of drug-likeness (QED) is 0.926. The summed E-state index contributed by atoms with van der Waals surface area (Å²) in [6.07, 6.45) is 10.6. The highest BCUT2D eigenvalue weighted by molar-refractivity contribution is 6.32. The van der Waals surface area contributed by atoms with Crippen molar-refractivity contribution in [3.63, 3.8) is 0 Å². The number of hydrogen-bond acceptors (Lipinski definition) is 3. The Kier molecular flexibility index (Phi) is 4.86. The molecule has 1 aromatic rings. The van der Waals surface area contributed by atoms with Crippen molar-refractivity contribution in [3.8, 4) is 0 Å². The first-order chi connectivity index (χ1) is 10.3. The van der Waals surface area contributed by atoms with Gasteiger partial charge < -0.3 is 9.73 Å². The lowest BCUT2D eigenvalue weighted by Crippen LogP contribution is -2.45. The predicted octanol–water partition coefficient (Wildman–Crippen LogP) is 3.46. The summed E-state index contributed by atoms with van der Waals surface area (Å²) in [6.45, 7) is 1.88. The van der Waals surface area contributed by atoms with Crippen LogP contribution in [0.5, 0.6) is 0 Å². The molecule has 5 heteroatoms. The van der Waals surface area contributed by atoms with Crippen molar-refractivity contribution in [3.05, 3.63) is 23.1 Å². The van der Waals surface area contributed by atoms with Crippen LogP contribution in [-0.4, -0.2) is 36.0 Å². The molecule has 3 rings (SSSR count). The van der Waals surface area contributed by atoms with Gasteiger partial charge in [-0.1, -0.05) is 19.3 Å². The molecular formula is C16H23ClN2O2. The van der Waals surface area contributed by atoms with Gasteiger partial charge in [0.1, 0.15) is 0 Å². The zero-order valence-corrected chi connectivity index (χ0v) is 13.1. The van der Waals surface area contributed by atoms with Crippen LogP contribution in [-0.2, 0) is 0 Å². The number of hydrogen-bond donors (Lipinski definition) is 1. The Bertz CT molecular complexity index is 482. The molecule has 1 atom stereocenters. The SMILES string of the molecule is O=C(NCC1CCCN1C1CCCCC1)c1ccoc1Cl. The lowest BCUT2D eigenvalue weighted by molar-refractivity contribution is 0.0920. The number of likely N-dealkylation sites (tertiary alicyclic amines) is 1. The van der Waals surface area contributed by atoms with Crippen LogP contribution in [0.4, 0.5) is 0 Å². The Morgan fingerprint density at radius 1 is 1.29 bits per heavy atom. The Morgan fingerprint density at radius 2 is 2.10 bits per heavy atom. The molecule has 0 radical (unpaired) electrons. The number of halogens is 1. The van der Waals surface area contributed by atoms with Gasteiger partial charge in [0.2, 0.25) is 5.22 Å². The van der Waals surface area contributed by atoms with E-state index in [1.54, 1.807) is 6.07 Å². The molecule has 1 saturated heterocycles. The van der Waals surface area contributed by atoms with Crippen LogP contribution in [0.1, 0.15) is 55.3 Å². The fourth-order valence-corrected chi connectivity index (χ4v) is 3.93. The van der Waals surface area contributed by atoms with E-state index in [1.807, 2.05) is 0 Å². The van der Waals surface area contributed by atoms with Crippen molar-refractivity contribution < 1.29 is 9.21 Å². The fraction of sp³-hybridized carbons (Fsp3) is 0.688. The average Bonchev–Trinajstić information content (AvgIpc) is 3.14. The second kappa shape index (κ2) is 6.84. The van der Waals surface area contributed by atoms with E-state index in [0.717, 1.165) is 6.04 Å². The first-order valence-corrected chi connectivity index (χ1v) is 8.40. The summed E-state index contributed by atoms with van der Waals surface area (Å²) in [5.41, 5.74) is 0.430. The van der Waals surface area contributed by atoms with E-state index in [1.165, 1.54) is 57.8 Å². The molecule has 1 unspecified atom stereocenters. The minimum atomic E-state index is -0.135. The molecule has 2 aliphatic rings. The van der Waals surface area contributed by atoms with Gasteiger partial charge in [0.15, 0.2) is 0 Å². The molecule has 4 nitrogen and oxygen atoms in total. The van der Waals surface area contributed by atoms with Gasteiger partial charge >= 0.3 is 0 Å². The average molecular weight is 311 g/mol. The summed E-state index contributed by atoms with van der Waals surface area (Å²) in [5.74, 6) is -0.135. The van der Waals surface area contributed by atoms with Crippen LogP contribution in [0.2, 0.25) is 5.22 Å². The molecule has 21 heavy (non-hydrogen) atoms. The van der Waals surface area contributed by atoms with E-state index in [-0.39, 0.29) is 11.1 Å². The molecule has 1 saturated carbocycles. The highest BCUT2D eigenvalue weighted by Crippen LogP contribution is 2.29. The van der Waals surface area contributed by atoms with E-state index in [9.17, 15) is 4.79 Å². The van der Waals surface area contributed by atoms with Crippen LogP contribution < -0.4 is 5.32 Å². The highest BCUT2D eigenvalue weighted by Gasteiger charge is 2.31. The van der Waals surface area contributed by atoms with Gasteiger partial charge in [0, 0.05) is 18.6 Å². The third-order valence-electron chi connectivity index (χ3n) is 4.83. The van der Waals surface area contributed by atoms with E-state index >= 15 is 0 Å². The molecule has 1 amide bonds. The van der Waals surface area contributed by atoms with Crippen LogP contribution in [0.15, 0.2) is 16.7 Å².